The second-order valence-corrected chi connectivity index (χ2v) is 6.92. The van der Waals surface area contributed by atoms with Crippen LogP contribution >= 0.6 is 0 Å². The SMILES string of the molecule is O=C1CC(c2ccccc2)(c2ccc(OCCO[N+](=O)[O-])cc2)N=C2C=CC=C(O)N12. The number of aliphatic hydroxyl groups excluding tert-OH is 1. The Balaban J connectivity index is 1.68. The van der Waals surface area contributed by atoms with Crippen LogP contribution in [0.25, 0.3) is 0 Å². The number of hydrogen-bond acceptors (Lipinski definition) is 7. The molecule has 31 heavy (non-hydrogen) atoms. The predicted octanol–water partition coefficient (Wildman–Crippen LogP) is 3.12. The number of fused-ring (bicyclic) bond motifs is 1. The van der Waals surface area contributed by atoms with E-state index >= 15 is 0 Å². The van der Waals surface area contributed by atoms with Crippen LogP contribution in [0.1, 0.15) is 17.5 Å². The molecule has 2 aliphatic heterocycles. The molecule has 0 spiro atoms. The highest BCUT2D eigenvalue weighted by Crippen LogP contribution is 2.42. The lowest BCUT2D eigenvalue weighted by molar-refractivity contribution is -0.757. The van der Waals surface area contributed by atoms with Crippen molar-refractivity contribution in [1.82, 2.24) is 4.90 Å². The molecule has 2 aromatic rings. The molecule has 0 saturated carbocycles. The summed E-state index contributed by atoms with van der Waals surface area (Å²) in [6.45, 7) is -0.152. The molecule has 0 aromatic heterocycles. The lowest BCUT2D eigenvalue weighted by atomic mass is 9.79. The first-order chi connectivity index (χ1) is 15.0. The summed E-state index contributed by atoms with van der Waals surface area (Å²) in [5, 5.41) is 19.5. The van der Waals surface area contributed by atoms with E-state index in [4.69, 9.17) is 9.73 Å². The standard InChI is InChI=1S/C22H19N3O6/c26-20-8-4-7-19-23-22(15-21(27)24(19)20,16-5-2-1-3-6-16)17-9-11-18(12-10-17)30-13-14-31-25(28)29/h1-12,26H,13-15H2. The van der Waals surface area contributed by atoms with E-state index in [0.29, 0.717) is 11.6 Å². The van der Waals surface area contributed by atoms with Crippen LogP contribution in [0.2, 0.25) is 0 Å². The molecule has 1 atom stereocenters. The third-order valence-corrected chi connectivity index (χ3v) is 5.04. The Hall–Kier alpha value is -4.14. The van der Waals surface area contributed by atoms with Crippen LogP contribution in [-0.2, 0) is 15.2 Å². The highest BCUT2D eigenvalue weighted by atomic mass is 17.0. The van der Waals surface area contributed by atoms with Crippen LogP contribution in [0.4, 0.5) is 0 Å². The number of carbonyl (C=O) groups excluding carboxylic acids is 1. The maximum absolute atomic E-state index is 13.0. The third kappa shape index (κ3) is 3.97. The maximum atomic E-state index is 13.0. The minimum atomic E-state index is -0.973. The zero-order chi connectivity index (χ0) is 21.8. The second kappa shape index (κ2) is 8.31. The summed E-state index contributed by atoms with van der Waals surface area (Å²) in [5.41, 5.74) is 0.640. The molecule has 0 radical (unpaired) electrons. The van der Waals surface area contributed by atoms with E-state index in [1.54, 1.807) is 24.3 Å². The first kappa shape index (κ1) is 20.1. The number of hydrogen-bond donors (Lipinski definition) is 1. The van der Waals surface area contributed by atoms with Crippen molar-refractivity contribution in [3.63, 3.8) is 0 Å². The van der Waals surface area contributed by atoms with Gasteiger partial charge in [-0.3, -0.25) is 9.79 Å². The molecule has 1 N–H and O–H groups in total. The summed E-state index contributed by atoms with van der Waals surface area (Å²) in [5.74, 6) is 0.434. The highest BCUT2D eigenvalue weighted by Gasteiger charge is 2.44. The molecule has 158 valence electrons. The Morgan fingerprint density at radius 3 is 2.52 bits per heavy atom. The van der Waals surface area contributed by atoms with Gasteiger partial charge in [0.25, 0.3) is 5.09 Å². The number of amides is 1. The van der Waals surface area contributed by atoms with Crippen molar-refractivity contribution in [2.24, 2.45) is 4.99 Å². The predicted molar refractivity (Wildman–Crippen MR) is 111 cm³/mol. The summed E-state index contributed by atoms with van der Waals surface area (Å²) in [4.78, 5) is 33.6. The Labute approximate surface area is 177 Å². The van der Waals surface area contributed by atoms with Gasteiger partial charge in [-0.15, -0.1) is 10.1 Å². The Bertz CT molecular complexity index is 1080. The topological polar surface area (TPSA) is 114 Å². The van der Waals surface area contributed by atoms with Gasteiger partial charge < -0.3 is 14.7 Å². The Morgan fingerprint density at radius 1 is 1.10 bits per heavy atom. The summed E-state index contributed by atoms with van der Waals surface area (Å²) in [6, 6.07) is 16.5. The number of allylic oxidation sites excluding steroid dienone is 2. The molecule has 1 unspecified atom stereocenters. The van der Waals surface area contributed by atoms with Gasteiger partial charge >= 0.3 is 0 Å². The lowest BCUT2D eigenvalue weighted by Gasteiger charge is -2.39. The van der Waals surface area contributed by atoms with Crippen molar-refractivity contribution in [2.45, 2.75) is 12.0 Å². The van der Waals surface area contributed by atoms with E-state index in [1.165, 1.54) is 11.0 Å². The second-order valence-electron chi connectivity index (χ2n) is 6.92. The largest absolute Gasteiger partial charge is 0.494 e. The number of nitrogens with zero attached hydrogens (tertiary/aromatic N) is 3. The Morgan fingerprint density at radius 2 is 1.81 bits per heavy atom. The van der Waals surface area contributed by atoms with Crippen LogP contribution in [0.15, 0.2) is 83.7 Å². The molecule has 2 heterocycles. The molecular weight excluding hydrogens is 402 g/mol. The van der Waals surface area contributed by atoms with Crippen molar-refractivity contribution in [2.75, 3.05) is 13.2 Å². The van der Waals surface area contributed by atoms with E-state index in [-0.39, 0.29) is 31.4 Å². The summed E-state index contributed by atoms with van der Waals surface area (Å²) >= 11 is 0. The van der Waals surface area contributed by atoms with Gasteiger partial charge in [-0.25, -0.2) is 4.90 Å². The number of benzene rings is 2. The molecule has 9 heteroatoms. The molecule has 0 aliphatic carbocycles. The molecular formula is C22H19N3O6. The molecule has 2 aromatic carbocycles. The van der Waals surface area contributed by atoms with Gasteiger partial charge in [-0.05, 0) is 35.4 Å². The molecule has 1 amide bonds. The van der Waals surface area contributed by atoms with Gasteiger partial charge in [0.15, 0.2) is 5.88 Å². The highest BCUT2D eigenvalue weighted by molar-refractivity contribution is 6.09. The summed E-state index contributed by atoms with van der Waals surface area (Å²) < 4.78 is 5.47. The minimum Gasteiger partial charge on any atom is -0.494 e. The minimum absolute atomic E-state index is 0.0241. The number of rotatable bonds is 7. The quantitative estimate of drug-likeness (QED) is 0.417. The van der Waals surface area contributed by atoms with Gasteiger partial charge in [-0.2, -0.15) is 0 Å². The molecule has 2 aliphatic rings. The van der Waals surface area contributed by atoms with Crippen LogP contribution < -0.4 is 4.74 Å². The number of aliphatic imine (C=N–C) groups is 1. The smallest absolute Gasteiger partial charge is 0.294 e. The fourth-order valence-electron chi connectivity index (χ4n) is 3.67. The number of ether oxygens (including phenoxy) is 1. The average molecular weight is 421 g/mol. The maximum Gasteiger partial charge on any atom is 0.294 e. The van der Waals surface area contributed by atoms with E-state index in [2.05, 4.69) is 4.84 Å². The van der Waals surface area contributed by atoms with Crippen LogP contribution in [0, 0.1) is 10.1 Å². The number of aliphatic hydroxyl groups is 1. The van der Waals surface area contributed by atoms with Crippen LogP contribution in [-0.4, -0.2) is 40.0 Å². The van der Waals surface area contributed by atoms with Crippen molar-refractivity contribution in [3.05, 3.63) is 99.9 Å². The van der Waals surface area contributed by atoms with Gasteiger partial charge in [0, 0.05) is 0 Å². The third-order valence-electron chi connectivity index (χ3n) is 5.04. The summed E-state index contributed by atoms with van der Waals surface area (Å²) in [6.07, 6.45) is 4.80. The molecule has 9 nitrogen and oxygen atoms in total. The van der Waals surface area contributed by atoms with E-state index < -0.39 is 10.6 Å². The Kier molecular flexibility index (Phi) is 5.40. The molecule has 0 saturated heterocycles. The molecule has 0 fully saturated rings. The van der Waals surface area contributed by atoms with Crippen molar-refractivity contribution in [1.29, 1.82) is 0 Å². The van der Waals surface area contributed by atoms with Crippen molar-refractivity contribution < 1.29 is 24.6 Å². The fourth-order valence-corrected chi connectivity index (χ4v) is 3.67. The van der Waals surface area contributed by atoms with E-state index in [1.807, 2.05) is 42.5 Å². The van der Waals surface area contributed by atoms with Gasteiger partial charge in [0.1, 0.15) is 30.3 Å². The molecule has 0 bridgehead atoms. The zero-order valence-corrected chi connectivity index (χ0v) is 16.4. The first-order valence-electron chi connectivity index (χ1n) is 9.56. The van der Waals surface area contributed by atoms with E-state index in [0.717, 1.165) is 11.1 Å². The monoisotopic (exact) mass is 421 g/mol. The summed E-state index contributed by atoms with van der Waals surface area (Å²) in [7, 11) is 0. The van der Waals surface area contributed by atoms with Crippen molar-refractivity contribution >= 4 is 11.7 Å². The van der Waals surface area contributed by atoms with Crippen LogP contribution in [0.5, 0.6) is 5.75 Å². The molecule has 4 rings (SSSR count). The zero-order valence-electron chi connectivity index (χ0n) is 16.4. The van der Waals surface area contributed by atoms with E-state index in [9.17, 15) is 20.0 Å². The average Bonchev–Trinajstić information content (AvgIpc) is 2.77. The van der Waals surface area contributed by atoms with Gasteiger partial charge in [0.05, 0.1) is 6.42 Å². The number of carbonyl (C=O) groups is 1. The van der Waals surface area contributed by atoms with Gasteiger partial charge in [-0.1, -0.05) is 48.5 Å². The normalized spacial score (nSPS) is 19.9. The van der Waals surface area contributed by atoms with Gasteiger partial charge in [0.2, 0.25) is 5.91 Å². The fraction of sp³-hybridized carbons (Fsp3) is 0.182. The van der Waals surface area contributed by atoms with Crippen molar-refractivity contribution in [3.8, 4) is 5.75 Å². The number of amidine groups is 1. The van der Waals surface area contributed by atoms with Crippen LogP contribution in [0.3, 0.4) is 0 Å². The lowest BCUT2D eigenvalue weighted by Crippen LogP contribution is -2.47. The first-order valence-corrected chi connectivity index (χ1v) is 9.56.